The van der Waals surface area contributed by atoms with Crippen LogP contribution in [0.1, 0.15) is 41.8 Å². The molecule has 1 unspecified atom stereocenters. The fourth-order valence-electron chi connectivity index (χ4n) is 2.99. The minimum absolute atomic E-state index is 0.0222. The van der Waals surface area contributed by atoms with Crippen LogP contribution in [0, 0.1) is 5.92 Å². The normalized spacial score (nSPS) is 11.7. The quantitative estimate of drug-likeness (QED) is 0.204. The molecule has 0 aliphatic carbocycles. The summed E-state index contributed by atoms with van der Waals surface area (Å²) in [4.78, 5) is 24.9. The van der Waals surface area contributed by atoms with Crippen LogP contribution >= 0.6 is 0 Å². The number of methoxy groups -OCH3 is 1. The van der Waals surface area contributed by atoms with Gasteiger partial charge in [0.15, 0.2) is 5.78 Å². The Bertz CT molecular complexity index is 868. The molecule has 0 saturated carbocycles. The number of alkyl halides is 3. The standard InChI is InChI=1S/C23H26F3NO5.C2H6/c1-30-22(29)20(21(28)17-5-7-18(8-6-17)23(24,25)26)11-4-16-2-9-19(10-3-16)32-15-14-31-13-12-27;1-2/h2-3,5-10,20H,4,11-15,27H2,1H3;1-2H3. The third-order valence-electron chi connectivity index (χ3n) is 4.70. The van der Waals surface area contributed by atoms with E-state index in [4.69, 9.17) is 19.9 Å². The lowest BCUT2D eigenvalue weighted by molar-refractivity contribution is -0.144. The summed E-state index contributed by atoms with van der Waals surface area (Å²) in [6, 6.07) is 10.9. The Kier molecular flexibility index (Phi) is 12.9. The second kappa shape index (κ2) is 15.1. The molecule has 6 nitrogen and oxygen atoms in total. The van der Waals surface area contributed by atoms with Gasteiger partial charge in [-0.25, -0.2) is 0 Å². The van der Waals surface area contributed by atoms with E-state index in [9.17, 15) is 22.8 Å². The number of rotatable bonds is 12. The molecule has 0 radical (unpaired) electrons. The predicted octanol–water partition coefficient (Wildman–Crippen LogP) is 4.69. The lowest BCUT2D eigenvalue weighted by Gasteiger charge is -2.15. The summed E-state index contributed by atoms with van der Waals surface area (Å²) in [5.41, 5.74) is 5.36. The summed E-state index contributed by atoms with van der Waals surface area (Å²) in [5.74, 6) is -1.78. The predicted molar refractivity (Wildman–Crippen MR) is 123 cm³/mol. The van der Waals surface area contributed by atoms with Crippen LogP contribution in [0.5, 0.6) is 5.75 Å². The molecular weight excluding hydrogens is 451 g/mol. The average molecular weight is 484 g/mol. The molecule has 0 aromatic heterocycles. The fourth-order valence-corrected chi connectivity index (χ4v) is 2.99. The molecule has 9 heteroatoms. The van der Waals surface area contributed by atoms with Crippen molar-refractivity contribution in [1.29, 1.82) is 0 Å². The number of hydrogen-bond acceptors (Lipinski definition) is 6. The van der Waals surface area contributed by atoms with Crippen molar-refractivity contribution in [3.8, 4) is 5.75 Å². The molecule has 2 aromatic rings. The van der Waals surface area contributed by atoms with E-state index in [1.165, 1.54) is 7.11 Å². The van der Waals surface area contributed by atoms with Gasteiger partial charge < -0.3 is 19.9 Å². The second-order valence-electron chi connectivity index (χ2n) is 6.95. The van der Waals surface area contributed by atoms with E-state index in [2.05, 4.69) is 0 Å². The molecule has 0 saturated heterocycles. The monoisotopic (exact) mass is 483 g/mol. The van der Waals surface area contributed by atoms with Gasteiger partial charge in [0.1, 0.15) is 18.3 Å². The van der Waals surface area contributed by atoms with Gasteiger partial charge in [0, 0.05) is 12.1 Å². The van der Waals surface area contributed by atoms with Gasteiger partial charge in [0.25, 0.3) is 0 Å². The van der Waals surface area contributed by atoms with Crippen molar-refractivity contribution in [3.63, 3.8) is 0 Å². The molecule has 2 rings (SSSR count). The lowest BCUT2D eigenvalue weighted by atomic mass is 9.91. The summed E-state index contributed by atoms with van der Waals surface area (Å²) in [7, 11) is 1.17. The summed E-state index contributed by atoms with van der Waals surface area (Å²) >= 11 is 0. The second-order valence-corrected chi connectivity index (χ2v) is 6.95. The van der Waals surface area contributed by atoms with E-state index in [0.29, 0.717) is 38.5 Å². The maximum Gasteiger partial charge on any atom is 0.416 e. The third kappa shape index (κ3) is 9.52. The number of ketones is 1. The molecule has 0 spiro atoms. The molecule has 0 aliphatic rings. The van der Waals surface area contributed by atoms with E-state index in [-0.39, 0.29) is 12.0 Å². The Morgan fingerprint density at radius 1 is 0.941 bits per heavy atom. The van der Waals surface area contributed by atoms with Crippen LogP contribution in [0.2, 0.25) is 0 Å². The van der Waals surface area contributed by atoms with Crippen molar-refractivity contribution >= 4 is 11.8 Å². The minimum atomic E-state index is -4.50. The first-order chi connectivity index (χ1) is 16.3. The van der Waals surface area contributed by atoms with Crippen LogP contribution in [0.15, 0.2) is 48.5 Å². The number of halogens is 3. The van der Waals surface area contributed by atoms with Crippen LogP contribution < -0.4 is 10.5 Å². The van der Waals surface area contributed by atoms with Crippen molar-refractivity contribution in [1.82, 2.24) is 0 Å². The van der Waals surface area contributed by atoms with Crippen molar-refractivity contribution in [2.24, 2.45) is 11.7 Å². The number of hydrogen-bond donors (Lipinski definition) is 1. The number of aryl methyl sites for hydroxylation is 1. The van der Waals surface area contributed by atoms with Crippen molar-refractivity contribution < 1.29 is 37.0 Å². The van der Waals surface area contributed by atoms with Crippen LogP contribution in [0.3, 0.4) is 0 Å². The number of carbonyl (C=O) groups is 2. The van der Waals surface area contributed by atoms with Gasteiger partial charge in [-0.05, 0) is 42.7 Å². The molecule has 0 heterocycles. The smallest absolute Gasteiger partial charge is 0.416 e. The highest BCUT2D eigenvalue weighted by Crippen LogP contribution is 2.29. The summed E-state index contributed by atoms with van der Waals surface area (Å²) < 4.78 is 53.7. The molecule has 1 atom stereocenters. The first kappa shape index (κ1) is 29.1. The number of Topliss-reactive ketones (excluding diaryl/α,β-unsaturated/α-hetero) is 1. The van der Waals surface area contributed by atoms with Gasteiger partial charge in [-0.1, -0.05) is 38.1 Å². The number of esters is 1. The van der Waals surface area contributed by atoms with E-state index in [0.717, 1.165) is 29.8 Å². The fraction of sp³-hybridized carbons (Fsp3) is 0.440. The number of benzene rings is 2. The largest absolute Gasteiger partial charge is 0.491 e. The molecular formula is C25H32F3NO5. The maximum atomic E-state index is 12.8. The van der Waals surface area contributed by atoms with Gasteiger partial charge in [0.2, 0.25) is 0 Å². The zero-order chi connectivity index (χ0) is 25.6. The van der Waals surface area contributed by atoms with Crippen LogP contribution in [-0.2, 0) is 26.9 Å². The Morgan fingerprint density at radius 2 is 1.56 bits per heavy atom. The van der Waals surface area contributed by atoms with Gasteiger partial charge in [-0.2, -0.15) is 13.2 Å². The first-order valence-corrected chi connectivity index (χ1v) is 11.0. The highest BCUT2D eigenvalue weighted by Gasteiger charge is 2.32. The molecule has 0 amide bonds. The van der Waals surface area contributed by atoms with E-state index < -0.39 is 29.4 Å². The molecule has 0 aliphatic heterocycles. The van der Waals surface area contributed by atoms with E-state index in [1.54, 1.807) is 12.1 Å². The molecule has 0 bridgehead atoms. The zero-order valence-corrected chi connectivity index (χ0v) is 19.7. The van der Waals surface area contributed by atoms with E-state index >= 15 is 0 Å². The third-order valence-corrected chi connectivity index (χ3v) is 4.70. The molecule has 2 aromatic carbocycles. The minimum Gasteiger partial charge on any atom is -0.491 e. The van der Waals surface area contributed by atoms with Crippen molar-refractivity contribution in [2.75, 3.05) is 33.5 Å². The molecule has 2 N–H and O–H groups in total. The average Bonchev–Trinajstić information content (AvgIpc) is 2.85. The molecule has 0 fully saturated rings. The number of carbonyl (C=O) groups excluding carboxylic acids is 2. The van der Waals surface area contributed by atoms with Gasteiger partial charge in [-0.15, -0.1) is 0 Å². The summed E-state index contributed by atoms with van der Waals surface area (Å²) in [6.45, 7) is 5.72. The highest BCUT2D eigenvalue weighted by molar-refractivity contribution is 6.08. The van der Waals surface area contributed by atoms with Crippen LogP contribution in [0.4, 0.5) is 13.2 Å². The van der Waals surface area contributed by atoms with Gasteiger partial charge in [-0.3, -0.25) is 9.59 Å². The highest BCUT2D eigenvalue weighted by atomic mass is 19.4. The van der Waals surface area contributed by atoms with Crippen LogP contribution in [0.25, 0.3) is 0 Å². The molecule has 188 valence electrons. The SMILES string of the molecule is CC.COC(=O)C(CCc1ccc(OCCOCCN)cc1)C(=O)c1ccc(C(F)(F)F)cc1. The van der Waals surface area contributed by atoms with Crippen LogP contribution in [-0.4, -0.2) is 45.2 Å². The number of ether oxygens (including phenoxy) is 3. The van der Waals surface area contributed by atoms with Gasteiger partial charge in [0.05, 0.1) is 25.9 Å². The van der Waals surface area contributed by atoms with Crippen molar-refractivity contribution in [3.05, 3.63) is 65.2 Å². The first-order valence-electron chi connectivity index (χ1n) is 11.0. The zero-order valence-electron chi connectivity index (χ0n) is 19.7. The maximum absolute atomic E-state index is 12.8. The lowest BCUT2D eigenvalue weighted by Crippen LogP contribution is -2.26. The summed E-state index contributed by atoms with van der Waals surface area (Å²) in [6.07, 6.45) is -3.96. The Hall–Kier alpha value is -2.91. The Morgan fingerprint density at radius 3 is 2.09 bits per heavy atom. The Labute approximate surface area is 198 Å². The topological polar surface area (TPSA) is 87.8 Å². The van der Waals surface area contributed by atoms with Crippen molar-refractivity contribution in [2.45, 2.75) is 32.9 Å². The van der Waals surface area contributed by atoms with E-state index in [1.807, 2.05) is 26.0 Å². The Balaban J connectivity index is 0.00000281. The molecule has 34 heavy (non-hydrogen) atoms. The number of nitrogens with two attached hydrogens (primary N) is 1. The van der Waals surface area contributed by atoms with Gasteiger partial charge >= 0.3 is 12.1 Å². The summed E-state index contributed by atoms with van der Waals surface area (Å²) in [5, 5.41) is 0.